The summed E-state index contributed by atoms with van der Waals surface area (Å²) < 4.78 is 5.06. The van der Waals surface area contributed by atoms with Crippen LogP contribution in [-0.4, -0.2) is 46.5 Å². The summed E-state index contributed by atoms with van der Waals surface area (Å²) in [6.07, 6.45) is -0.383. The number of phenols is 1. The number of hydrogen-bond donors (Lipinski definition) is 2. The van der Waals surface area contributed by atoms with Crippen LogP contribution in [0.5, 0.6) is 5.75 Å². The van der Waals surface area contributed by atoms with Crippen molar-refractivity contribution in [2.24, 2.45) is 0 Å². The fourth-order valence-corrected chi connectivity index (χ4v) is 3.50. The molecule has 0 saturated carbocycles. The third-order valence-corrected chi connectivity index (χ3v) is 4.78. The molecule has 0 radical (unpaired) electrons. The zero-order valence-electron chi connectivity index (χ0n) is 10.4. The van der Waals surface area contributed by atoms with Crippen LogP contribution < -0.4 is 0 Å². The van der Waals surface area contributed by atoms with Gasteiger partial charge in [-0.15, -0.1) is 0 Å². The number of carbonyl (C=O) groups is 1. The molecule has 0 aromatic heterocycles. The molecule has 2 aliphatic heterocycles. The van der Waals surface area contributed by atoms with Crippen molar-refractivity contribution in [3.05, 3.63) is 27.7 Å². The normalized spacial score (nSPS) is 28.6. The maximum Gasteiger partial charge on any atom is 0.410 e. The molecule has 7 heteroatoms. The van der Waals surface area contributed by atoms with Gasteiger partial charge in [0.15, 0.2) is 0 Å². The zero-order chi connectivity index (χ0) is 14.4. The summed E-state index contributed by atoms with van der Waals surface area (Å²) in [5.74, 6) is -0.0485. The van der Waals surface area contributed by atoms with Crippen molar-refractivity contribution in [1.82, 2.24) is 4.90 Å². The van der Waals surface area contributed by atoms with Crippen LogP contribution in [0.3, 0.4) is 0 Å². The lowest BCUT2D eigenvalue weighted by Crippen LogP contribution is -2.32. The van der Waals surface area contributed by atoms with E-state index in [0.29, 0.717) is 28.6 Å². The van der Waals surface area contributed by atoms with Crippen LogP contribution in [0.25, 0.3) is 0 Å². The van der Waals surface area contributed by atoms with Crippen molar-refractivity contribution >= 4 is 29.3 Å². The van der Waals surface area contributed by atoms with Gasteiger partial charge in [-0.3, -0.25) is 0 Å². The molecule has 1 aromatic carbocycles. The van der Waals surface area contributed by atoms with Crippen LogP contribution in [0.1, 0.15) is 17.9 Å². The van der Waals surface area contributed by atoms with Gasteiger partial charge in [-0.2, -0.15) is 0 Å². The first-order chi connectivity index (χ1) is 9.52. The first kappa shape index (κ1) is 13.8. The summed E-state index contributed by atoms with van der Waals surface area (Å²) >= 11 is 12.1. The Morgan fingerprint density at radius 3 is 2.85 bits per heavy atom. The van der Waals surface area contributed by atoms with E-state index in [1.54, 1.807) is 4.90 Å². The molecule has 2 N–H and O–H groups in total. The number of halogens is 2. The molecule has 1 amide bonds. The summed E-state index contributed by atoms with van der Waals surface area (Å²) in [6, 6.07) is 2.84. The van der Waals surface area contributed by atoms with Gasteiger partial charge in [0.1, 0.15) is 11.9 Å². The average Bonchev–Trinajstić information content (AvgIpc) is 2.96. The molecule has 2 aliphatic rings. The molecule has 2 heterocycles. The van der Waals surface area contributed by atoms with Gasteiger partial charge < -0.3 is 19.8 Å². The monoisotopic (exact) mass is 317 g/mol. The molecular weight excluding hydrogens is 305 g/mol. The lowest BCUT2D eigenvalue weighted by atomic mass is 9.94. The smallest absolute Gasteiger partial charge is 0.410 e. The van der Waals surface area contributed by atoms with Crippen molar-refractivity contribution in [3.63, 3.8) is 0 Å². The second-order valence-electron chi connectivity index (χ2n) is 5.05. The van der Waals surface area contributed by atoms with Crippen LogP contribution >= 0.6 is 23.2 Å². The first-order valence-electron chi connectivity index (χ1n) is 6.28. The largest absolute Gasteiger partial charge is 0.508 e. The fraction of sp³-hybridized carbons (Fsp3) is 0.462. The predicted octanol–water partition coefficient (Wildman–Crippen LogP) is 2.37. The number of aliphatic hydroxyl groups is 1. The molecule has 0 spiro atoms. The average molecular weight is 318 g/mol. The number of rotatable bonds is 2. The van der Waals surface area contributed by atoms with Crippen molar-refractivity contribution in [2.75, 3.05) is 13.2 Å². The minimum absolute atomic E-state index is 0.0690. The van der Waals surface area contributed by atoms with Gasteiger partial charge in [0.25, 0.3) is 0 Å². The van der Waals surface area contributed by atoms with Crippen molar-refractivity contribution in [2.45, 2.75) is 24.5 Å². The Balaban J connectivity index is 1.92. The van der Waals surface area contributed by atoms with Crippen LogP contribution in [0, 0.1) is 0 Å². The van der Waals surface area contributed by atoms with Gasteiger partial charge in [-0.05, 0) is 18.6 Å². The Bertz CT molecular complexity index is 566. The number of amides is 1. The van der Waals surface area contributed by atoms with Gasteiger partial charge in [0, 0.05) is 18.0 Å². The van der Waals surface area contributed by atoms with Gasteiger partial charge in [0.2, 0.25) is 0 Å². The van der Waals surface area contributed by atoms with Crippen molar-refractivity contribution in [1.29, 1.82) is 0 Å². The van der Waals surface area contributed by atoms with E-state index in [1.807, 2.05) is 0 Å². The van der Waals surface area contributed by atoms with Crippen LogP contribution in [0.2, 0.25) is 10.0 Å². The standard InChI is InChI=1S/C13H13Cl2NO4/c14-7-1-2-9(18)11(12(7)15)6-3-8-10(5-17)20-13(19)16(8)4-6/h1-2,6,8,10,17-18H,3-5H2/t6-,8-,10+/m0/s1. The Morgan fingerprint density at radius 2 is 2.15 bits per heavy atom. The molecule has 3 rings (SSSR count). The number of aliphatic hydroxyl groups excluding tert-OH is 1. The molecule has 0 bridgehead atoms. The zero-order valence-corrected chi connectivity index (χ0v) is 11.9. The fourth-order valence-electron chi connectivity index (χ4n) is 3.02. The third kappa shape index (κ3) is 2.01. The number of benzene rings is 1. The van der Waals surface area contributed by atoms with Crippen LogP contribution in [-0.2, 0) is 4.74 Å². The van der Waals surface area contributed by atoms with Crippen LogP contribution in [0.15, 0.2) is 12.1 Å². The number of carbonyl (C=O) groups excluding carboxylic acids is 1. The second-order valence-corrected chi connectivity index (χ2v) is 5.84. The molecule has 3 atom stereocenters. The second kappa shape index (κ2) is 4.98. The topological polar surface area (TPSA) is 70.0 Å². The molecule has 0 aliphatic carbocycles. The maximum atomic E-state index is 11.7. The molecule has 20 heavy (non-hydrogen) atoms. The van der Waals surface area contributed by atoms with E-state index in [1.165, 1.54) is 12.1 Å². The first-order valence-corrected chi connectivity index (χ1v) is 7.03. The Labute approximate surface area is 125 Å². The lowest BCUT2D eigenvalue weighted by molar-refractivity contribution is 0.0810. The van der Waals surface area contributed by atoms with Gasteiger partial charge in [0.05, 0.1) is 22.7 Å². The Hall–Kier alpha value is -1.17. The highest BCUT2D eigenvalue weighted by molar-refractivity contribution is 6.42. The van der Waals surface area contributed by atoms with E-state index >= 15 is 0 Å². The highest BCUT2D eigenvalue weighted by Gasteiger charge is 2.48. The number of nitrogens with zero attached hydrogens (tertiary/aromatic N) is 1. The molecule has 5 nitrogen and oxygen atoms in total. The molecule has 2 saturated heterocycles. The summed E-state index contributed by atoms with van der Waals surface area (Å²) in [5, 5.41) is 19.9. The summed E-state index contributed by atoms with van der Waals surface area (Å²) in [4.78, 5) is 13.3. The molecule has 0 unspecified atom stereocenters. The lowest BCUT2D eigenvalue weighted by Gasteiger charge is -2.16. The number of aromatic hydroxyl groups is 1. The number of ether oxygens (including phenoxy) is 1. The van der Waals surface area contributed by atoms with Crippen LogP contribution in [0.4, 0.5) is 4.79 Å². The molecule has 2 fully saturated rings. The van der Waals surface area contributed by atoms with E-state index in [-0.39, 0.29) is 24.3 Å². The van der Waals surface area contributed by atoms with E-state index < -0.39 is 12.2 Å². The minimum Gasteiger partial charge on any atom is -0.508 e. The van der Waals surface area contributed by atoms with E-state index in [9.17, 15) is 15.0 Å². The Morgan fingerprint density at radius 1 is 1.40 bits per heavy atom. The van der Waals surface area contributed by atoms with Crippen molar-refractivity contribution < 1.29 is 19.7 Å². The number of cyclic esters (lactones) is 1. The Kier molecular flexibility index (Phi) is 3.44. The summed E-state index contributed by atoms with van der Waals surface area (Å²) in [5.41, 5.74) is 0.554. The molecule has 108 valence electrons. The summed E-state index contributed by atoms with van der Waals surface area (Å²) in [7, 11) is 0. The van der Waals surface area contributed by atoms with E-state index in [2.05, 4.69) is 0 Å². The van der Waals surface area contributed by atoms with Gasteiger partial charge in [-0.25, -0.2) is 4.79 Å². The summed E-state index contributed by atoms with van der Waals surface area (Å²) in [6.45, 7) is 0.183. The van der Waals surface area contributed by atoms with Crippen molar-refractivity contribution in [3.8, 4) is 5.75 Å². The number of fused-ring (bicyclic) bond motifs is 1. The van der Waals surface area contributed by atoms with Gasteiger partial charge >= 0.3 is 6.09 Å². The SMILES string of the molecule is O=C1O[C@H](CO)[C@@H]2C[C@H](c3c(O)ccc(Cl)c3Cl)CN12. The van der Waals surface area contributed by atoms with E-state index in [0.717, 1.165) is 0 Å². The molecule has 1 aromatic rings. The predicted molar refractivity (Wildman–Crippen MR) is 73.3 cm³/mol. The highest BCUT2D eigenvalue weighted by atomic mass is 35.5. The highest BCUT2D eigenvalue weighted by Crippen LogP contribution is 2.45. The quantitative estimate of drug-likeness (QED) is 0.878. The minimum atomic E-state index is -0.521. The molecular formula is C13H13Cl2NO4. The maximum absolute atomic E-state index is 11.7. The third-order valence-electron chi connectivity index (χ3n) is 3.96. The van der Waals surface area contributed by atoms with Gasteiger partial charge in [-0.1, -0.05) is 23.2 Å². The number of hydrogen-bond acceptors (Lipinski definition) is 4. The number of phenolic OH excluding ortho intramolecular Hbond substituents is 1. The van der Waals surface area contributed by atoms with E-state index in [4.69, 9.17) is 27.9 Å².